The van der Waals surface area contributed by atoms with Crippen molar-refractivity contribution >= 4 is 80.5 Å². The molecule has 0 saturated heterocycles. The predicted molar refractivity (Wildman–Crippen MR) is 176 cm³/mol. The first-order valence-electron chi connectivity index (χ1n) is 13.6. The molecule has 0 aromatic heterocycles. The van der Waals surface area contributed by atoms with E-state index in [-0.39, 0.29) is 0 Å². The SMILES string of the molecule is [B]c1c2ccccc2c(-c2ccc(-c3c4ccccc4c([B])c4ccccc34)c3ccccc23)c2ccccc12. The lowest BCUT2D eigenvalue weighted by Gasteiger charge is -2.20. The van der Waals surface area contributed by atoms with Gasteiger partial charge in [0.25, 0.3) is 0 Å². The third-order valence-electron chi connectivity index (χ3n) is 8.41. The molecule has 2 heteroatoms. The van der Waals surface area contributed by atoms with Gasteiger partial charge in [-0.3, -0.25) is 0 Å². The van der Waals surface area contributed by atoms with Crippen molar-refractivity contribution in [3.8, 4) is 22.3 Å². The highest BCUT2D eigenvalue weighted by Gasteiger charge is 2.19. The Morgan fingerprint density at radius 3 is 0.750 bits per heavy atom. The van der Waals surface area contributed by atoms with Gasteiger partial charge in [0, 0.05) is 0 Å². The third-order valence-corrected chi connectivity index (χ3v) is 8.41. The monoisotopic (exact) mass is 500 g/mol. The van der Waals surface area contributed by atoms with Crippen molar-refractivity contribution < 1.29 is 0 Å². The third kappa shape index (κ3) is 3.23. The van der Waals surface area contributed by atoms with Crippen LogP contribution in [0.15, 0.2) is 133 Å². The second kappa shape index (κ2) is 8.86. The molecule has 0 nitrogen and oxygen atoms in total. The Labute approximate surface area is 235 Å². The van der Waals surface area contributed by atoms with Crippen molar-refractivity contribution in [2.24, 2.45) is 0 Å². The molecule has 0 spiro atoms. The van der Waals surface area contributed by atoms with E-state index < -0.39 is 0 Å². The molecule has 0 atom stereocenters. The summed E-state index contributed by atoms with van der Waals surface area (Å²) in [6, 6.07) is 47.3. The van der Waals surface area contributed by atoms with Gasteiger partial charge in [-0.15, -0.1) is 0 Å². The van der Waals surface area contributed by atoms with Crippen LogP contribution in [0.2, 0.25) is 0 Å². The average molecular weight is 500 g/mol. The maximum atomic E-state index is 6.72. The number of benzene rings is 8. The van der Waals surface area contributed by atoms with Crippen molar-refractivity contribution in [3.63, 3.8) is 0 Å². The first-order valence-corrected chi connectivity index (χ1v) is 13.6. The molecule has 180 valence electrons. The summed E-state index contributed by atoms with van der Waals surface area (Å²) in [6.07, 6.45) is 0. The average Bonchev–Trinajstić information content (AvgIpc) is 3.02. The predicted octanol–water partition coefficient (Wildman–Crippen LogP) is 8.37. The number of fused-ring (bicyclic) bond motifs is 5. The zero-order chi connectivity index (χ0) is 26.8. The first-order chi connectivity index (χ1) is 19.7. The molecule has 0 aliphatic rings. The fourth-order valence-electron chi connectivity index (χ4n) is 6.64. The van der Waals surface area contributed by atoms with Crippen LogP contribution in [0.5, 0.6) is 0 Å². The Balaban J connectivity index is 1.53. The van der Waals surface area contributed by atoms with E-state index in [1.54, 1.807) is 0 Å². The highest BCUT2D eigenvalue weighted by atomic mass is 14.2. The molecular weight excluding hydrogens is 478 g/mol. The quantitative estimate of drug-likeness (QED) is 0.165. The smallest absolute Gasteiger partial charge is 0.0812 e. The van der Waals surface area contributed by atoms with Gasteiger partial charge in [-0.1, -0.05) is 144 Å². The first kappa shape index (κ1) is 23.1. The second-order valence-corrected chi connectivity index (χ2v) is 10.5. The largest absolute Gasteiger partial charge is 0.115 e. The molecule has 0 aliphatic carbocycles. The summed E-state index contributed by atoms with van der Waals surface area (Å²) < 4.78 is 0. The van der Waals surface area contributed by atoms with Crippen LogP contribution in [0, 0.1) is 0 Å². The second-order valence-electron chi connectivity index (χ2n) is 10.5. The molecule has 8 aromatic rings. The summed E-state index contributed by atoms with van der Waals surface area (Å²) in [5.74, 6) is 0. The van der Waals surface area contributed by atoms with E-state index >= 15 is 0 Å². The molecule has 0 saturated carbocycles. The molecule has 0 heterocycles. The van der Waals surface area contributed by atoms with E-state index in [9.17, 15) is 0 Å². The van der Waals surface area contributed by atoms with Crippen LogP contribution in [-0.2, 0) is 0 Å². The van der Waals surface area contributed by atoms with E-state index in [1.165, 1.54) is 54.6 Å². The van der Waals surface area contributed by atoms with Crippen molar-refractivity contribution in [2.75, 3.05) is 0 Å². The summed E-state index contributed by atoms with van der Waals surface area (Å²) in [7, 11) is 13.4. The Kier molecular flexibility index (Phi) is 5.12. The molecule has 40 heavy (non-hydrogen) atoms. The van der Waals surface area contributed by atoms with Gasteiger partial charge in [0.1, 0.15) is 15.7 Å². The van der Waals surface area contributed by atoms with E-state index in [1.807, 2.05) is 0 Å². The van der Waals surface area contributed by atoms with Gasteiger partial charge in [0.15, 0.2) is 0 Å². The van der Waals surface area contributed by atoms with Crippen LogP contribution in [0.1, 0.15) is 0 Å². The lowest BCUT2D eigenvalue weighted by atomic mass is 9.78. The molecule has 0 N–H and O–H groups in total. The normalized spacial score (nSPS) is 11.7. The molecule has 4 radical (unpaired) electrons. The fourth-order valence-corrected chi connectivity index (χ4v) is 6.64. The Bertz CT molecular complexity index is 2020. The van der Waals surface area contributed by atoms with Gasteiger partial charge < -0.3 is 0 Å². The number of hydrogen-bond donors (Lipinski definition) is 0. The van der Waals surface area contributed by atoms with Crippen LogP contribution in [0.4, 0.5) is 0 Å². The minimum absolute atomic E-state index is 0.829. The molecule has 0 amide bonds. The van der Waals surface area contributed by atoms with E-state index in [2.05, 4.69) is 133 Å². The van der Waals surface area contributed by atoms with Crippen molar-refractivity contribution in [1.82, 2.24) is 0 Å². The maximum absolute atomic E-state index is 6.72. The lowest BCUT2D eigenvalue weighted by Crippen LogP contribution is -2.07. The van der Waals surface area contributed by atoms with Crippen LogP contribution in [0.3, 0.4) is 0 Å². The van der Waals surface area contributed by atoms with E-state index in [4.69, 9.17) is 15.7 Å². The van der Waals surface area contributed by atoms with Crippen LogP contribution < -0.4 is 10.9 Å². The van der Waals surface area contributed by atoms with Crippen LogP contribution in [-0.4, -0.2) is 15.7 Å². The van der Waals surface area contributed by atoms with E-state index in [0.29, 0.717) is 0 Å². The van der Waals surface area contributed by atoms with Crippen molar-refractivity contribution in [3.05, 3.63) is 133 Å². The highest BCUT2D eigenvalue weighted by Crippen LogP contribution is 2.44. The molecule has 8 aromatic carbocycles. The van der Waals surface area contributed by atoms with Gasteiger partial charge in [-0.05, 0) is 76.1 Å². The summed E-state index contributed by atoms with van der Waals surface area (Å²) in [5, 5.41) is 11.4. The van der Waals surface area contributed by atoms with Gasteiger partial charge in [0.05, 0.1) is 0 Å². The summed E-state index contributed by atoms with van der Waals surface area (Å²) in [4.78, 5) is 0. The lowest BCUT2D eigenvalue weighted by molar-refractivity contribution is 1.69. The minimum Gasteiger partial charge on any atom is -0.0812 e. The molecule has 8 rings (SSSR count). The molecule has 0 aliphatic heterocycles. The molecular formula is C38H22B2. The summed E-state index contributed by atoms with van der Waals surface area (Å²) >= 11 is 0. The Hall–Kier alpha value is -4.81. The topological polar surface area (TPSA) is 0 Å². The molecule has 0 unspecified atom stereocenters. The Morgan fingerprint density at radius 1 is 0.250 bits per heavy atom. The van der Waals surface area contributed by atoms with Crippen molar-refractivity contribution in [2.45, 2.75) is 0 Å². The Morgan fingerprint density at radius 2 is 0.475 bits per heavy atom. The van der Waals surface area contributed by atoms with Crippen LogP contribution in [0.25, 0.3) is 76.1 Å². The minimum atomic E-state index is 0.829. The van der Waals surface area contributed by atoms with Gasteiger partial charge >= 0.3 is 0 Å². The summed E-state index contributed by atoms with van der Waals surface area (Å²) in [5.41, 5.74) is 6.50. The van der Waals surface area contributed by atoms with Gasteiger partial charge in [-0.2, -0.15) is 0 Å². The standard InChI is InChI=1S/C38H22B2/c39-37-31-17-7-3-13-25(31)35(26-14-4-8-18-32(26)37)29-21-22-30(24-12-2-1-11-23(24)29)36-27-15-5-9-19-33(27)38(40)34-20-10-6-16-28(34)36/h1-22H. The van der Waals surface area contributed by atoms with Crippen molar-refractivity contribution in [1.29, 1.82) is 0 Å². The fraction of sp³-hybridized carbons (Fsp3) is 0. The molecule has 0 fully saturated rings. The van der Waals surface area contributed by atoms with Gasteiger partial charge in [0.2, 0.25) is 0 Å². The summed E-state index contributed by atoms with van der Waals surface area (Å²) in [6.45, 7) is 0. The zero-order valence-electron chi connectivity index (χ0n) is 21.9. The van der Waals surface area contributed by atoms with Gasteiger partial charge in [-0.25, -0.2) is 0 Å². The highest BCUT2D eigenvalue weighted by molar-refractivity contribution is 6.48. The number of hydrogen-bond acceptors (Lipinski definition) is 0. The zero-order valence-corrected chi connectivity index (χ0v) is 21.9. The molecule has 0 bridgehead atoms. The maximum Gasteiger partial charge on any atom is 0.115 e. The van der Waals surface area contributed by atoms with Crippen LogP contribution >= 0.6 is 0 Å². The number of rotatable bonds is 2. The van der Waals surface area contributed by atoms with E-state index in [0.717, 1.165) is 32.5 Å².